The molecule has 0 fully saturated rings. The summed E-state index contributed by atoms with van der Waals surface area (Å²) in [6, 6.07) is 11.1. The summed E-state index contributed by atoms with van der Waals surface area (Å²) >= 11 is 3.33. The zero-order chi connectivity index (χ0) is 15.5. The van der Waals surface area contributed by atoms with E-state index in [1.165, 1.54) is 12.1 Å². The maximum absolute atomic E-state index is 13.0. The van der Waals surface area contributed by atoms with Gasteiger partial charge in [0.1, 0.15) is 12.4 Å². The van der Waals surface area contributed by atoms with E-state index < -0.39 is 11.7 Å². The molecule has 2 aromatic carbocycles. The number of benzene rings is 2. The van der Waals surface area contributed by atoms with Crippen molar-refractivity contribution in [3.8, 4) is 5.75 Å². The first-order valence-corrected chi connectivity index (χ1v) is 6.97. The molecule has 2 nitrogen and oxygen atoms in total. The number of halogens is 4. The van der Waals surface area contributed by atoms with E-state index in [4.69, 9.17) is 10.5 Å². The minimum absolute atomic E-state index is 0.0481. The quantitative estimate of drug-likeness (QED) is 0.871. The summed E-state index contributed by atoms with van der Waals surface area (Å²) < 4.78 is 45.2. The van der Waals surface area contributed by atoms with Crippen LogP contribution in [0.3, 0.4) is 0 Å². The van der Waals surface area contributed by atoms with Gasteiger partial charge in [-0.1, -0.05) is 40.2 Å². The van der Waals surface area contributed by atoms with E-state index in [-0.39, 0.29) is 18.9 Å². The maximum atomic E-state index is 13.0. The molecule has 2 aromatic rings. The highest BCUT2D eigenvalue weighted by molar-refractivity contribution is 9.10. The van der Waals surface area contributed by atoms with Crippen molar-refractivity contribution in [2.24, 2.45) is 5.73 Å². The lowest BCUT2D eigenvalue weighted by Gasteiger charge is -2.15. The van der Waals surface area contributed by atoms with Crippen molar-refractivity contribution in [2.75, 3.05) is 0 Å². The highest BCUT2D eigenvalue weighted by atomic mass is 79.9. The van der Waals surface area contributed by atoms with Crippen LogP contribution in [0.25, 0.3) is 0 Å². The smallest absolute Gasteiger partial charge is 0.419 e. The number of rotatable bonds is 4. The van der Waals surface area contributed by atoms with Gasteiger partial charge in [0.15, 0.2) is 0 Å². The van der Waals surface area contributed by atoms with Crippen LogP contribution in [-0.2, 0) is 19.3 Å². The highest BCUT2D eigenvalue weighted by Crippen LogP contribution is 2.37. The standard InChI is InChI=1S/C15H13BrF3NO/c16-13-4-2-1-3-11(13)9-21-14-6-5-10(8-20)7-12(14)15(17,18)19/h1-7H,8-9,20H2. The molecule has 0 spiro atoms. The van der Waals surface area contributed by atoms with Gasteiger partial charge < -0.3 is 10.5 Å². The van der Waals surface area contributed by atoms with Gasteiger partial charge in [0.25, 0.3) is 0 Å². The summed E-state index contributed by atoms with van der Waals surface area (Å²) in [7, 11) is 0. The largest absolute Gasteiger partial charge is 0.488 e. The molecule has 0 bridgehead atoms. The molecule has 21 heavy (non-hydrogen) atoms. The topological polar surface area (TPSA) is 35.2 Å². The van der Waals surface area contributed by atoms with E-state index >= 15 is 0 Å². The summed E-state index contributed by atoms with van der Waals surface area (Å²) in [6.07, 6.45) is -4.48. The van der Waals surface area contributed by atoms with Crippen LogP contribution in [-0.4, -0.2) is 0 Å². The fraction of sp³-hybridized carbons (Fsp3) is 0.200. The molecule has 0 radical (unpaired) electrons. The van der Waals surface area contributed by atoms with Crippen molar-refractivity contribution >= 4 is 15.9 Å². The van der Waals surface area contributed by atoms with Gasteiger partial charge >= 0.3 is 6.18 Å². The number of hydrogen-bond acceptors (Lipinski definition) is 2. The zero-order valence-electron chi connectivity index (χ0n) is 11.0. The Labute approximate surface area is 128 Å². The van der Waals surface area contributed by atoms with Crippen LogP contribution in [0.5, 0.6) is 5.75 Å². The Morgan fingerprint density at radius 1 is 1.10 bits per heavy atom. The van der Waals surface area contributed by atoms with Crippen molar-refractivity contribution in [1.29, 1.82) is 0 Å². The van der Waals surface area contributed by atoms with Gasteiger partial charge in [0, 0.05) is 16.6 Å². The first-order valence-electron chi connectivity index (χ1n) is 6.18. The van der Waals surface area contributed by atoms with Crippen molar-refractivity contribution in [1.82, 2.24) is 0 Å². The summed E-state index contributed by atoms with van der Waals surface area (Å²) in [5.74, 6) is -0.199. The molecular weight excluding hydrogens is 347 g/mol. The molecule has 0 aromatic heterocycles. The maximum Gasteiger partial charge on any atom is 0.419 e. The van der Waals surface area contributed by atoms with E-state index in [1.807, 2.05) is 6.07 Å². The van der Waals surface area contributed by atoms with Crippen LogP contribution in [0.15, 0.2) is 46.9 Å². The Hall–Kier alpha value is -1.53. The SMILES string of the molecule is NCc1ccc(OCc2ccccc2Br)c(C(F)(F)F)c1. The molecule has 0 aliphatic carbocycles. The molecule has 0 heterocycles. The second-order valence-electron chi connectivity index (χ2n) is 4.41. The van der Waals surface area contributed by atoms with E-state index in [0.29, 0.717) is 5.56 Å². The van der Waals surface area contributed by atoms with E-state index in [0.717, 1.165) is 16.1 Å². The second-order valence-corrected chi connectivity index (χ2v) is 5.27. The van der Waals surface area contributed by atoms with Crippen LogP contribution in [0.4, 0.5) is 13.2 Å². The third-order valence-corrected chi connectivity index (χ3v) is 3.70. The molecule has 6 heteroatoms. The van der Waals surface area contributed by atoms with Crippen LogP contribution in [0.2, 0.25) is 0 Å². The molecular formula is C15H13BrF3NO. The van der Waals surface area contributed by atoms with Gasteiger partial charge in [0.2, 0.25) is 0 Å². The van der Waals surface area contributed by atoms with E-state index in [9.17, 15) is 13.2 Å². The molecule has 0 amide bonds. The molecule has 0 saturated carbocycles. The van der Waals surface area contributed by atoms with Crippen LogP contribution in [0, 0.1) is 0 Å². The van der Waals surface area contributed by atoms with Crippen LogP contribution in [0.1, 0.15) is 16.7 Å². The number of hydrogen-bond donors (Lipinski definition) is 1. The Bertz CT molecular complexity index is 629. The third-order valence-electron chi connectivity index (χ3n) is 2.93. The second kappa shape index (κ2) is 6.49. The first-order chi connectivity index (χ1) is 9.91. The molecule has 0 unspecified atom stereocenters. The van der Waals surface area contributed by atoms with E-state index in [1.54, 1.807) is 18.2 Å². The monoisotopic (exact) mass is 359 g/mol. The predicted octanol–water partition coefficient (Wildman–Crippen LogP) is 4.51. The molecule has 0 saturated heterocycles. The molecule has 2 N–H and O–H groups in total. The Morgan fingerprint density at radius 3 is 2.43 bits per heavy atom. The van der Waals surface area contributed by atoms with Crippen LogP contribution < -0.4 is 10.5 Å². The predicted molar refractivity (Wildman–Crippen MR) is 77.8 cm³/mol. The normalized spacial score (nSPS) is 11.5. The molecule has 2 rings (SSSR count). The highest BCUT2D eigenvalue weighted by Gasteiger charge is 2.34. The van der Waals surface area contributed by atoms with Gasteiger partial charge in [-0.05, 0) is 23.8 Å². The lowest BCUT2D eigenvalue weighted by Crippen LogP contribution is -2.10. The fourth-order valence-corrected chi connectivity index (χ4v) is 2.22. The molecule has 0 aliphatic rings. The summed E-state index contributed by atoms with van der Waals surface area (Å²) in [4.78, 5) is 0. The van der Waals surface area contributed by atoms with E-state index in [2.05, 4.69) is 15.9 Å². The molecule has 112 valence electrons. The van der Waals surface area contributed by atoms with Gasteiger partial charge in [-0.15, -0.1) is 0 Å². The fourth-order valence-electron chi connectivity index (χ4n) is 1.82. The van der Waals surface area contributed by atoms with Gasteiger partial charge in [0.05, 0.1) is 5.56 Å². The van der Waals surface area contributed by atoms with Gasteiger partial charge in [-0.2, -0.15) is 13.2 Å². The number of alkyl halides is 3. The minimum Gasteiger partial charge on any atom is -0.488 e. The van der Waals surface area contributed by atoms with Gasteiger partial charge in [-0.3, -0.25) is 0 Å². The average molecular weight is 360 g/mol. The van der Waals surface area contributed by atoms with Crippen LogP contribution >= 0.6 is 15.9 Å². The molecule has 0 aliphatic heterocycles. The summed E-state index contributed by atoms with van der Waals surface area (Å²) in [5.41, 5.74) is 5.76. The number of nitrogens with two attached hydrogens (primary N) is 1. The van der Waals surface area contributed by atoms with Crippen molar-refractivity contribution in [3.05, 3.63) is 63.6 Å². The molecule has 0 atom stereocenters. The summed E-state index contributed by atoms with van der Waals surface area (Å²) in [5, 5.41) is 0. The number of ether oxygens (including phenoxy) is 1. The van der Waals surface area contributed by atoms with Crippen molar-refractivity contribution < 1.29 is 17.9 Å². The first kappa shape index (κ1) is 15.9. The lowest BCUT2D eigenvalue weighted by molar-refractivity contribution is -0.139. The van der Waals surface area contributed by atoms with Crippen molar-refractivity contribution in [3.63, 3.8) is 0 Å². The lowest BCUT2D eigenvalue weighted by atomic mass is 10.1. The summed E-state index contributed by atoms with van der Waals surface area (Å²) in [6.45, 7) is 0.0973. The third kappa shape index (κ3) is 3.98. The average Bonchev–Trinajstić information content (AvgIpc) is 2.45. The Kier molecular flexibility index (Phi) is 4.90. The van der Waals surface area contributed by atoms with Crippen molar-refractivity contribution in [2.45, 2.75) is 19.3 Å². The zero-order valence-corrected chi connectivity index (χ0v) is 12.5. The Morgan fingerprint density at radius 2 is 1.81 bits per heavy atom. The minimum atomic E-state index is -4.48. The van der Waals surface area contributed by atoms with Gasteiger partial charge in [-0.25, -0.2) is 0 Å². The Balaban J connectivity index is 2.26.